The Bertz CT molecular complexity index is 189. The summed E-state index contributed by atoms with van der Waals surface area (Å²) >= 11 is 0. The molecule has 0 saturated carbocycles. The summed E-state index contributed by atoms with van der Waals surface area (Å²) < 4.78 is 0. The van der Waals surface area contributed by atoms with Gasteiger partial charge in [0, 0.05) is 19.7 Å². The first kappa shape index (κ1) is 11.5. The molecule has 0 radical (unpaired) electrons. The van der Waals surface area contributed by atoms with Gasteiger partial charge in [-0.1, -0.05) is 6.92 Å². The van der Waals surface area contributed by atoms with Gasteiger partial charge in [-0.25, -0.2) is 0 Å². The number of hydrogen-bond acceptors (Lipinski definition) is 3. The fourth-order valence-corrected chi connectivity index (χ4v) is 1.75. The van der Waals surface area contributed by atoms with Crippen molar-refractivity contribution < 1.29 is 9.90 Å². The van der Waals surface area contributed by atoms with Gasteiger partial charge in [0.25, 0.3) is 0 Å². The van der Waals surface area contributed by atoms with E-state index in [0.29, 0.717) is 12.3 Å². The second kappa shape index (κ2) is 5.32. The van der Waals surface area contributed by atoms with Crippen LogP contribution in [0, 0.1) is 5.92 Å². The predicted molar refractivity (Wildman–Crippen MR) is 54.7 cm³/mol. The van der Waals surface area contributed by atoms with Crippen LogP contribution in [0.5, 0.6) is 0 Å². The number of aliphatic hydroxyl groups excluding tert-OH is 1. The van der Waals surface area contributed by atoms with Crippen LogP contribution in [0.25, 0.3) is 0 Å². The highest BCUT2D eigenvalue weighted by molar-refractivity contribution is 5.81. The number of nitrogens with zero attached hydrogens (tertiary/aromatic N) is 1. The number of aliphatic hydroxyl groups is 1. The maximum absolute atomic E-state index is 11.7. The second-order valence-electron chi connectivity index (χ2n) is 3.97. The molecule has 0 bridgehead atoms. The molecule has 1 heterocycles. The fraction of sp³-hybridized carbons (Fsp3) is 0.900. The lowest BCUT2D eigenvalue weighted by Gasteiger charge is -2.32. The van der Waals surface area contributed by atoms with E-state index in [-0.39, 0.29) is 18.6 Å². The van der Waals surface area contributed by atoms with E-state index in [2.05, 4.69) is 0 Å². The Balaban J connectivity index is 2.37. The lowest BCUT2D eigenvalue weighted by atomic mass is 9.97. The van der Waals surface area contributed by atoms with Gasteiger partial charge in [-0.2, -0.15) is 0 Å². The monoisotopic (exact) mass is 200 g/mol. The Morgan fingerprint density at radius 2 is 2.14 bits per heavy atom. The van der Waals surface area contributed by atoms with Crippen molar-refractivity contribution in [3.05, 3.63) is 0 Å². The summed E-state index contributed by atoms with van der Waals surface area (Å²) in [5.74, 6) is 0.431. The van der Waals surface area contributed by atoms with Gasteiger partial charge >= 0.3 is 0 Å². The van der Waals surface area contributed by atoms with Crippen molar-refractivity contribution in [3.8, 4) is 0 Å². The van der Waals surface area contributed by atoms with Gasteiger partial charge in [0.1, 0.15) is 0 Å². The molecule has 1 fully saturated rings. The first-order chi connectivity index (χ1) is 6.69. The lowest BCUT2D eigenvalue weighted by Crippen LogP contribution is -2.47. The van der Waals surface area contributed by atoms with E-state index in [1.165, 1.54) is 0 Å². The van der Waals surface area contributed by atoms with Crippen LogP contribution in [0.15, 0.2) is 0 Å². The summed E-state index contributed by atoms with van der Waals surface area (Å²) in [6.07, 6.45) is 2.50. The molecule has 4 heteroatoms. The third-order valence-electron chi connectivity index (χ3n) is 2.94. The molecule has 82 valence electrons. The summed E-state index contributed by atoms with van der Waals surface area (Å²) in [4.78, 5) is 13.5. The first-order valence-electron chi connectivity index (χ1n) is 5.34. The number of carbonyl (C=O) groups excluding carboxylic acids is 1. The molecule has 0 aliphatic carbocycles. The molecule has 0 aromatic carbocycles. The van der Waals surface area contributed by atoms with E-state index in [9.17, 15) is 4.79 Å². The van der Waals surface area contributed by atoms with Gasteiger partial charge in [0.15, 0.2) is 0 Å². The Hall–Kier alpha value is -0.610. The van der Waals surface area contributed by atoms with Crippen molar-refractivity contribution in [1.82, 2.24) is 4.90 Å². The van der Waals surface area contributed by atoms with Gasteiger partial charge in [0.05, 0.1) is 6.04 Å². The van der Waals surface area contributed by atoms with Gasteiger partial charge in [0.2, 0.25) is 5.91 Å². The van der Waals surface area contributed by atoms with Gasteiger partial charge in [-0.05, 0) is 25.2 Å². The van der Waals surface area contributed by atoms with Crippen molar-refractivity contribution >= 4 is 5.91 Å². The van der Waals surface area contributed by atoms with Crippen LogP contribution >= 0.6 is 0 Å². The van der Waals surface area contributed by atoms with Crippen molar-refractivity contribution in [2.45, 2.75) is 32.2 Å². The molecule has 0 unspecified atom stereocenters. The zero-order chi connectivity index (χ0) is 10.6. The lowest BCUT2D eigenvalue weighted by molar-refractivity contribution is -0.134. The van der Waals surface area contributed by atoms with Crippen molar-refractivity contribution in [2.75, 3.05) is 19.7 Å². The number of amides is 1. The maximum Gasteiger partial charge on any atom is 0.239 e. The van der Waals surface area contributed by atoms with E-state index in [4.69, 9.17) is 10.8 Å². The van der Waals surface area contributed by atoms with Crippen LogP contribution < -0.4 is 5.73 Å². The minimum absolute atomic E-state index is 0.0592. The summed E-state index contributed by atoms with van der Waals surface area (Å²) in [7, 11) is 0. The average molecular weight is 200 g/mol. The number of nitrogens with two attached hydrogens (primary N) is 1. The Morgan fingerprint density at radius 1 is 1.57 bits per heavy atom. The number of hydrogen-bond donors (Lipinski definition) is 2. The second-order valence-corrected chi connectivity index (χ2v) is 3.97. The van der Waals surface area contributed by atoms with Gasteiger partial charge in [-0.3, -0.25) is 4.79 Å². The molecule has 1 aliphatic heterocycles. The molecule has 4 nitrogen and oxygen atoms in total. The van der Waals surface area contributed by atoms with E-state index in [1.54, 1.807) is 0 Å². The standard InChI is InChI=1S/C10H20N2O2/c1-2-9(11)10(14)12-5-3-8(7-13)4-6-12/h8-9,13H,2-7,11H2,1H3/t9-/m1/s1. The molecule has 1 atom stereocenters. The average Bonchev–Trinajstić information content (AvgIpc) is 2.27. The van der Waals surface area contributed by atoms with E-state index < -0.39 is 0 Å². The molecule has 0 aromatic heterocycles. The number of likely N-dealkylation sites (tertiary alicyclic amines) is 1. The quantitative estimate of drug-likeness (QED) is 0.671. The van der Waals surface area contributed by atoms with Crippen LogP contribution in [0.1, 0.15) is 26.2 Å². The molecule has 3 N–H and O–H groups in total. The molecule has 1 aliphatic rings. The van der Waals surface area contributed by atoms with E-state index in [0.717, 1.165) is 25.9 Å². The third-order valence-corrected chi connectivity index (χ3v) is 2.94. The van der Waals surface area contributed by atoms with Crippen LogP contribution in [-0.2, 0) is 4.79 Å². The van der Waals surface area contributed by atoms with Gasteiger partial charge < -0.3 is 15.7 Å². The van der Waals surface area contributed by atoms with Crippen LogP contribution in [0.3, 0.4) is 0 Å². The fourth-order valence-electron chi connectivity index (χ4n) is 1.75. The topological polar surface area (TPSA) is 66.6 Å². The molecule has 0 aromatic rings. The van der Waals surface area contributed by atoms with E-state index >= 15 is 0 Å². The summed E-state index contributed by atoms with van der Waals surface area (Å²) in [6.45, 7) is 3.65. The highest BCUT2D eigenvalue weighted by Crippen LogP contribution is 2.16. The van der Waals surface area contributed by atoms with Crippen LogP contribution in [-0.4, -0.2) is 41.7 Å². The Morgan fingerprint density at radius 3 is 2.57 bits per heavy atom. The third kappa shape index (κ3) is 2.69. The Labute approximate surface area is 85.1 Å². The predicted octanol–water partition coefficient (Wildman–Crippen LogP) is -0.0454. The largest absolute Gasteiger partial charge is 0.396 e. The van der Waals surface area contributed by atoms with Crippen molar-refractivity contribution in [3.63, 3.8) is 0 Å². The minimum atomic E-state index is -0.347. The minimum Gasteiger partial charge on any atom is -0.396 e. The molecular weight excluding hydrogens is 180 g/mol. The normalized spacial score (nSPS) is 20.9. The molecular formula is C10H20N2O2. The van der Waals surface area contributed by atoms with Crippen molar-refractivity contribution in [1.29, 1.82) is 0 Å². The molecule has 1 amide bonds. The zero-order valence-electron chi connectivity index (χ0n) is 8.78. The van der Waals surface area contributed by atoms with Gasteiger partial charge in [-0.15, -0.1) is 0 Å². The summed E-state index contributed by atoms with van der Waals surface area (Å²) in [5.41, 5.74) is 5.67. The van der Waals surface area contributed by atoms with Crippen LogP contribution in [0.4, 0.5) is 0 Å². The SMILES string of the molecule is CC[C@@H](N)C(=O)N1CCC(CO)CC1. The molecule has 1 saturated heterocycles. The summed E-state index contributed by atoms with van der Waals surface area (Å²) in [5, 5.41) is 8.94. The number of carbonyl (C=O) groups is 1. The van der Waals surface area contributed by atoms with E-state index in [1.807, 2.05) is 11.8 Å². The first-order valence-corrected chi connectivity index (χ1v) is 5.34. The highest BCUT2D eigenvalue weighted by Gasteiger charge is 2.24. The number of rotatable bonds is 3. The summed E-state index contributed by atoms with van der Waals surface area (Å²) in [6, 6.07) is -0.347. The Kier molecular flexibility index (Phi) is 4.35. The highest BCUT2D eigenvalue weighted by atomic mass is 16.3. The van der Waals surface area contributed by atoms with Crippen molar-refractivity contribution in [2.24, 2.45) is 11.7 Å². The molecule has 0 spiro atoms. The molecule has 14 heavy (non-hydrogen) atoms. The number of piperidine rings is 1. The maximum atomic E-state index is 11.7. The zero-order valence-corrected chi connectivity index (χ0v) is 8.78. The van der Waals surface area contributed by atoms with Crippen LogP contribution in [0.2, 0.25) is 0 Å². The molecule has 1 rings (SSSR count). The smallest absolute Gasteiger partial charge is 0.239 e.